The van der Waals surface area contributed by atoms with Crippen molar-refractivity contribution in [3.63, 3.8) is 0 Å². The van der Waals surface area contributed by atoms with Crippen molar-refractivity contribution in [1.29, 1.82) is 0 Å². The predicted octanol–water partition coefficient (Wildman–Crippen LogP) is 3.80. The van der Waals surface area contributed by atoms with Gasteiger partial charge >= 0.3 is 0 Å². The Morgan fingerprint density at radius 1 is 0.921 bits per heavy atom. The van der Waals surface area contributed by atoms with Crippen LogP contribution in [0.2, 0.25) is 0 Å². The van der Waals surface area contributed by atoms with E-state index in [0.717, 1.165) is 48.2 Å². The predicted molar refractivity (Wildman–Crippen MR) is 148 cm³/mol. The molecule has 8 nitrogen and oxygen atoms in total. The number of carbonyl (C=O) groups excluding carboxylic acids is 2. The fourth-order valence-electron chi connectivity index (χ4n) is 4.50. The number of amides is 2. The number of nitrogens with zero attached hydrogens (tertiary/aromatic N) is 2. The number of hydrogen-bond acceptors (Lipinski definition) is 6. The van der Waals surface area contributed by atoms with E-state index in [4.69, 9.17) is 5.73 Å². The lowest BCUT2D eigenvalue weighted by atomic mass is 10.0. The minimum atomic E-state index is -0.327. The van der Waals surface area contributed by atoms with Crippen molar-refractivity contribution in [2.24, 2.45) is 0 Å². The van der Waals surface area contributed by atoms with Gasteiger partial charge in [-0.25, -0.2) is 9.97 Å². The van der Waals surface area contributed by atoms with Crippen molar-refractivity contribution in [3.05, 3.63) is 102 Å². The molecule has 192 valence electrons. The van der Waals surface area contributed by atoms with Crippen molar-refractivity contribution in [2.45, 2.75) is 25.4 Å². The first-order valence-corrected chi connectivity index (χ1v) is 12.7. The zero-order valence-electron chi connectivity index (χ0n) is 21.0. The molecule has 1 aliphatic heterocycles. The lowest BCUT2D eigenvalue weighted by Gasteiger charge is -2.23. The van der Waals surface area contributed by atoms with Crippen LogP contribution in [0.4, 0.5) is 5.82 Å². The second kappa shape index (κ2) is 11.7. The maximum Gasteiger partial charge on any atom is 0.274 e. The third-order valence-electron chi connectivity index (χ3n) is 6.58. The third kappa shape index (κ3) is 6.04. The van der Waals surface area contributed by atoms with Crippen molar-refractivity contribution < 1.29 is 9.59 Å². The third-order valence-corrected chi connectivity index (χ3v) is 6.58. The van der Waals surface area contributed by atoms with Crippen molar-refractivity contribution in [1.82, 2.24) is 25.9 Å². The van der Waals surface area contributed by atoms with Gasteiger partial charge in [0, 0.05) is 30.3 Å². The highest BCUT2D eigenvalue weighted by molar-refractivity contribution is 5.97. The van der Waals surface area contributed by atoms with E-state index in [1.165, 1.54) is 0 Å². The first-order chi connectivity index (χ1) is 18.6. The fourth-order valence-corrected chi connectivity index (χ4v) is 4.50. The summed E-state index contributed by atoms with van der Waals surface area (Å²) >= 11 is 0. The van der Waals surface area contributed by atoms with Crippen LogP contribution in [0, 0.1) is 0 Å². The Balaban J connectivity index is 1.24. The summed E-state index contributed by atoms with van der Waals surface area (Å²) in [6.45, 7) is 2.03. The first kappa shape index (κ1) is 25.1. The maximum absolute atomic E-state index is 12.8. The number of piperidine rings is 1. The Morgan fingerprint density at radius 2 is 1.68 bits per heavy atom. The van der Waals surface area contributed by atoms with Crippen molar-refractivity contribution in [3.8, 4) is 22.4 Å². The van der Waals surface area contributed by atoms with E-state index in [0.29, 0.717) is 17.8 Å². The molecule has 3 aromatic carbocycles. The Morgan fingerprint density at radius 3 is 2.45 bits per heavy atom. The van der Waals surface area contributed by atoms with E-state index >= 15 is 0 Å². The van der Waals surface area contributed by atoms with Crippen LogP contribution in [0.15, 0.2) is 85.1 Å². The molecule has 0 saturated carbocycles. The van der Waals surface area contributed by atoms with Gasteiger partial charge in [-0.05, 0) is 54.3 Å². The van der Waals surface area contributed by atoms with Gasteiger partial charge in [-0.1, -0.05) is 60.7 Å². The van der Waals surface area contributed by atoms with Crippen LogP contribution in [0.25, 0.3) is 22.4 Å². The van der Waals surface area contributed by atoms with Gasteiger partial charge in [0.2, 0.25) is 0 Å². The summed E-state index contributed by atoms with van der Waals surface area (Å²) in [5.74, 6) is -0.387. The molecule has 0 spiro atoms. The monoisotopic (exact) mass is 506 g/mol. The Labute approximate surface area is 221 Å². The molecule has 1 fully saturated rings. The SMILES string of the molecule is Nc1ncc(-c2cccc(CNC(=O)c3ccc(-c4ccccc4)cc3)c2)nc1C(=O)NC1CCCNC1. The minimum Gasteiger partial charge on any atom is -0.382 e. The van der Waals surface area contributed by atoms with Gasteiger partial charge in [-0.2, -0.15) is 0 Å². The van der Waals surface area contributed by atoms with Crippen molar-refractivity contribution >= 4 is 17.6 Å². The molecule has 5 N–H and O–H groups in total. The van der Waals surface area contributed by atoms with E-state index in [-0.39, 0.29) is 29.4 Å². The van der Waals surface area contributed by atoms with Gasteiger partial charge < -0.3 is 21.7 Å². The summed E-state index contributed by atoms with van der Waals surface area (Å²) in [7, 11) is 0. The molecule has 8 heteroatoms. The molecule has 0 aliphatic carbocycles. The van der Waals surface area contributed by atoms with Crippen LogP contribution < -0.4 is 21.7 Å². The van der Waals surface area contributed by atoms with E-state index in [1.807, 2.05) is 78.9 Å². The van der Waals surface area contributed by atoms with Gasteiger partial charge in [0.25, 0.3) is 11.8 Å². The fraction of sp³-hybridized carbons (Fsp3) is 0.200. The number of nitrogens with one attached hydrogen (secondary N) is 3. The molecule has 4 aromatic rings. The summed E-state index contributed by atoms with van der Waals surface area (Å²) in [6, 6.07) is 25.3. The van der Waals surface area contributed by atoms with E-state index < -0.39 is 0 Å². The normalized spacial score (nSPS) is 15.0. The van der Waals surface area contributed by atoms with Gasteiger partial charge in [0.15, 0.2) is 11.5 Å². The van der Waals surface area contributed by atoms with Crippen LogP contribution in [-0.2, 0) is 6.54 Å². The van der Waals surface area contributed by atoms with E-state index in [2.05, 4.69) is 25.9 Å². The molecule has 1 saturated heterocycles. The molecular weight excluding hydrogens is 476 g/mol. The smallest absolute Gasteiger partial charge is 0.274 e. The number of nitrogen functional groups attached to an aromatic ring is 1. The van der Waals surface area contributed by atoms with Crippen LogP contribution in [0.1, 0.15) is 39.3 Å². The van der Waals surface area contributed by atoms with Crippen LogP contribution in [0.5, 0.6) is 0 Å². The summed E-state index contributed by atoms with van der Waals surface area (Å²) in [5, 5.41) is 9.25. The molecule has 0 bridgehead atoms. The maximum atomic E-state index is 12.8. The zero-order chi connectivity index (χ0) is 26.3. The highest BCUT2D eigenvalue weighted by atomic mass is 16.2. The molecule has 2 heterocycles. The van der Waals surface area contributed by atoms with E-state index in [9.17, 15) is 9.59 Å². The molecule has 0 radical (unpaired) electrons. The van der Waals surface area contributed by atoms with E-state index in [1.54, 1.807) is 6.20 Å². The quantitative estimate of drug-likeness (QED) is 0.302. The number of anilines is 1. The Kier molecular flexibility index (Phi) is 7.70. The Hall–Kier alpha value is -4.56. The first-order valence-electron chi connectivity index (χ1n) is 12.7. The Bertz CT molecular complexity index is 1420. The summed E-state index contributed by atoms with van der Waals surface area (Å²) in [4.78, 5) is 34.3. The zero-order valence-corrected chi connectivity index (χ0v) is 21.0. The molecule has 1 atom stereocenters. The highest BCUT2D eigenvalue weighted by Gasteiger charge is 2.20. The molecule has 1 aromatic heterocycles. The van der Waals surface area contributed by atoms with Crippen LogP contribution in [-0.4, -0.2) is 40.9 Å². The number of nitrogens with two attached hydrogens (primary N) is 1. The van der Waals surface area contributed by atoms with Gasteiger partial charge in [0.1, 0.15) is 0 Å². The number of aromatic nitrogens is 2. The topological polar surface area (TPSA) is 122 Å². The van der Waals surface area contributed by atoms with Gasteiger partial charge in [0.05, 0.1) is 11.9 Å². The van der Waals surface area contributed by atoms with Crippen LogP contribution in [0.3, 0.4) is 0 Å². The van der Waals surface area contributed by atoms with Gasteiger partial charge in [-0.3, -0.25) is 9.59 Å². The molecule has 2 amide bonds. The van der Waals surface area contributed by atoms with Crippen LogP contribution >= 0.6 is 0 Å². The van der Waals surface area contributed by atoms with Gasteiger partial charge in [-0.15, -0.1) is 0 Å². The average molecular weight is 507 g/mol. The number of carbonyl (C=O) groups is 2. The standard InChI is InChI=1S/C30H30N6O2/c31-28-27(30(38)35-25-10-5-15-32-18-25)36-26(19-33-28)24-9-4-6-20(16-24)17-34-29(37)23-13-11-22(12-14-23)21-7-2-1-3-8-21/h1-4,6-9,11-14,16,19,25,32H,5,10,15,17-18H2,(H2,31,33)(H,34,37)(H,35,38). The largest absolute Gasteiger partial charge is 0.382 e. The van der Waals surface area contributed by atoms with Crippen molar-refractivity contribution in [2.75, 3.05) is 18.8 Å². The molecular formula is C30H30N6O2. The number of rotatable bonds is 7. The highest BCUT2D eigenvalue weighted by Crippen LogP contribution is 2.21. The summed E-state index contributed by atoms with van der Waals surface area (Å²) in [6.07, 6.45) is 3.48. The number of hydrogen-bond donors (Lipinski definition) is 4. The average Bonchev–Trinajstić information content (AvgIpc) is 2.97. The molecule has 1 unspecified atom stereocenters. The summed E-state index contributed by atoms with van der Waals surface area (Å²) < 4.78 is 0. The second-order valence-corrected chi connectivity index (χ2v) is 9.33. The summed E-state index contributed by atoms with van der Waals surface area (Å²) in [5.41, 5.74) is 11.1. The minimum absolute atomic E-state index is 0.0441. The molecule has 5 rings (SSSR count). The molecule has 1 aliphatic rings. The molecule has 38 heavy (non-hydrogen) atoms. The lowest BCUT2D eigenvalue weighted by Crippen LogP contribution is -2.46. The lowest BCUT2D eigenvalue weighted by molar-refractivity contribution is 0.0924. The number of benzene rings is 3. The second-order valence-electron chi connectivity index (χ2n) is 9.33.